The number of hydrogen-bond donors (Lipinski definition) is 3. The summed E-state index contributed by atoms with van der Waals surface area (Å²) in [7, 11) is 1.33. The highest BCUT2D eigenvalue weighted by molar-refractivity contribution is 7.15. The molecule has 2 aliphatic rings. The molecule has 0 saturated carbocycles. The van der Waals surface area contributed by atoms with E-state index in [0.717, 1.165) is 54.3 Å². The number of amides is 3. The predicted molar refractivity (Wildman–Crippen MR) is 256 cm³/mol. The zero-order valence-corrected chi connectivity index (χ0v) is 40.4. The van der Waals surface area contributed by atoms with E-state index in [1.165, 1.54) is 24.1 Å². The number of aryl methyl sites for hydroxylation is 3. The van der Waals surface area contributed by atoms with Crippen molar-refractivity contribution < 1.29 is 33.4 Å². The quantitative estimate of drug-likeness (QED) is 0.109. The summed E-state index contributed by atoms with van der Waals surface area (Å²) < 4.78 is 23.1. The first-order chi connectivity index (χ1) is 31.8. The van der Waals surface area contributed by atoms with Crippen molar-refractivity contribution in [1.82, 2.24) is 35.3 Å². The summed E-state index contributed by atoms with van der Waals surface area (Å²) in [6, 6.07) is 16.1. The van der Waals surface area contributed by atoms with Crippen LogP contribution in [0.3, 0.4) is 0 Å². The number of aliphatic hydroxyl groups is 1. The second-order valence-electron chi connectivity index (χ2n) is 18.2. The van der Waals surface area contributed by atoms with Gasteiger partial charge in [0, 0.05) is 40.1 Å². The van der Waals surface area contributed by atoms with Crippen LogP contribution in [0, 0.1) is 38.9 Å². The van der Waals surface area contributed by atoms with Crippen LogP contribution in [0.25, 0.3) is 26.6 Å². The van der Waals surface area contributed by atoms with Crippen LogP contribution in [0.5, 0.6) is 0 Å². The molecule has 6 aromatic rings. The number of nitrogens with one attached hydrogen (secondary N) is 2. The number of aliphatic hydroxyl groups excluding tert-OH is 1. The SMILES string of the molecule is COC(=O)C[C@@H]1N=C(c2ccc(-c3ccc(C(=O)NC(C(=O)N4C[C@H](O)C[C@H]4C(=O)NC(C)c4ccc(-c5scnc5C)cc4)C(C)(C)C)cc3F)cc2)c2c(sc(C)c2C)-n2c(C)nnc21. The number of methoxy groups -OCH3 is 1. The number of fused-ring (bicyclic) bond motifs is 3. The highest BCUT2D eigenvalue weighted by Crippen LogP contribution is 2.40. The van der Waals surface area contributed by atoms with E-state index in [1.807, 2.05) is 75.6 Å². The fourth-order valence-corrected chi connectivity index (χ4v) is 10.7. The van der Waals surface area contributed by atoms with Crippen molar-refractivity contribution >= 4 is 52.1 Å². The van der Waals surface area contributed by atoms with Crippen LogP contribution in [-0.4, -0.2) is 91.0 Å². The van der Waals surface area contributed by atoms with Gasteiger partial charge in [0.2, 0.25) is 11.8 Å². The molecule has 3 amide bonds. The van der Waals surface area contributed by atoms with Gasteiger partial charge in [-0.05, 0) is 74.4 Å². The lowest BCUT2D eigenvalue weighted by molar-refractivity contribution is -0.142. The monoisotopic (exact) mass is 944 g/mol. The van der Waals surface area contributed by atoms with Crippen LogP contribution in [0.1, 0.15) is 107 Å². The summed E-state index contributed by atoms with van der Waals surface area (Å²) in [5.74, 6) is -1.50. The largest absolute Gasteiger partial charge is 0.469 e. The molecule has 0 bridgehead atoms. The standard InChI is InChI=1S/C50H53FN8O6S2/c1-25-28(4)67-49-41(25)42(54-38(22-40(61)65-9)45-57-56-29(5)59(45)49)32-14-12-31(13-15-32)36-19-18-34(20-37(36)51)46(62)55-44(50(6,7)8)48(64)58-23-35(60)21-39(58)47(63)53-26(2)30-10-16-33(17-11-30)43-27(3)52-24-66-43/h10-20,24,26,35,38-39,44,60H,21-23H2,1-9H3,(H,53,63)(H,55,62)/t26?,35-,38+,39+,44?/m1/s1. The number of hydrogen-bond acceptors (Lipinski definition) is 12. The number of halogens is 1. The van der Waals surface area contributed by atoms with Crippen LogP contribution >= 0.6 is 22.7 Å². The zero-order valence-electron chi connectivity index (χ0n) is 38.8. The second-order valence-corrected chi connectivity index (χ2v) is 20.3. The highest BCUT2D eigenvalue weighted by Gasteiger charge is 2.45. The van der Waals surface area contributed by atoms with Gasteiger partial charge in [-0.25, -0.2) is 9.37 Å². The van der Waals surface area contributed by atoms with Crippen molar-refractivity contribution in [2.45, 2.75) is 98.5 Å². The smallest absolute Gasteiger partial charge is 0.308 e. The molecular weight excluding hydrogens is 892 g/mol. The summed E-state index contributed by atoms with van der Waals surface area (Å²) in [6.45, 7) is 15.0. The molecule has 2 unspecified atom stereocenters. The topological polar surface area (TPSA) is 181 Å². The number of thiophene rings is 1. The van der Waals surface area contributed by atoms with E-state index in [9.17, 15) is 24.3 Å². The van der Waals surface area contributed by atoms with Gasteiger partial charge in [0.05, 0.1) is 47.5 Å². The molecule has 3 N–H and O–H groups in total. The second kappa shape index (κ2) is 18.7. The third-order valence-corrected chi connectivity index (χ3v) is 14.7. The van der Waals surface area contributed by atoms with Crippen molar-refractivity contribution in [2.75, 3.05) is 13.7 Å². The maximum atomic E-state index is 16.1. The molecular formula is C50H53FN8O6S2. The van der Waals surface area contributed by atoms with Crippen molar-refractivity contribution in [3.63, 3.8) is 0 Å². The van der Waals surface area contributed by atoms with Crippen molar-refractivity contribution in [3.8, 4) is 26.6 Å². The molecule has 0 aliphatic carbocycles. The fraction of sp³-hybridized carbons (Fsp3) is 0.360. The number of likely N-dealkylation sites (tertiary alicyclic amines) is 1. The van der Waals surface area contributed by atoms with E-state index in [0.29, 0.717) is 22.9 Å². The van der Waals surface area contributed by atoms with Gasteiger partial charge in [-0.3, -0.25) is 28.7 Å². The average molecular weight is 945 g/mol. The maximum absolute atomic E-state index is 16.1. The number of aliphatic imine (C=N–C) groups is 1. The van der Waals surface area contributed by atoms with E-state index < -0.39 is 65.2 Å². The first kappa shape index (κ1) is 47.1. The molecule has 1 fully saturated rings. The summed E-state index contributed by atoms with van der Waals surface area (Å²) in [6.07, 6.45) is -0.947. The van der Waals surface area contributed by atoms with Gasteiger partial charge in [0.1, 0.15) is 34.8 Å². The van der Waals surface area contributed by atoms with Gasteiger partial charge in [0.25, 0.3) is 5.91 Å². The number of carbonyl (C=O) groups is 4. The van der Waals surface area contributed by atoms with E-state index in [-0.39, 0.29) is 30.5 Å². The average Bonchev–Trinajstić information content (AvgIpc) is 4.07. The number of carbonyl (C=O) groups excluding carboxylic acids is 4. The lowest BCUT2D eigenvalue weighted by Crippen LogP contribution is -2.57. The van der Waals surface area contributed by atoms with Gasteiger partial charge >= 0.3 is 5.97 Å². The Morgan fingerprint density at radius 2 is 1.63 bits per heavy atom. The van der Waals surface area contributed by atoms with Crippen molar-refractivity contribution in [1.29, 1.82) is 0 Å². The number of rotatable bonds is 11. The molecule has 5 heterocycles. The fourth-order valence-electron chi connectivity index (χ4n) is 8.69. The minimum atomic E-state index is -1.12. The third kappa shape index (κ3) is 9.32. The predicted octanol–water partition coefficient (Wildman–Crippen LogP) is 7.93. The Morgan fingerprint density at radius 3 is 2.27 bits per heavy atom. The Balaban J connectivity index is 0.983. The summed E-state index contributed by atoms with van der Waals surface area (Å²) in [5, 5.41) is 26.2. The Kier molecular flexibility index (Phi) is 13.1. The minimum absolute atomic E-state index is 0.00334. The number of ether oxygens (including phenoxy) is 1. The first-order valence-electron chi connectivity index (χ1n) is 22.0. The summed E-state index contributed by atoms with van der Waals surface area (Å²) in [4.78, 5) is 67.5. The zero-order chi connectivity index (χ0) is 48.1. The van der Waals surface area contributed by atoms with Crippen molar-refractivity contribution in [2.24, 2.45) is 10.4 Å². The lowest BCUT2D eigenvalue weighted by Gasteiger charge is -2.35. The molecule has 2 aliphatic heterocycles. The maximum Gasteiger partial charge on any atom is 0.308 e. The van der Waals surface area contributed by atoms with Crippen molar-refractivity contribution in [3.05, 3.63) is 128 Å². The summed E-state index contributed by atoms with van der Waals surface area (Å²) >= 11 is 3.15. The van der Waals surface area contributed by atoms with Crippen LogP contribution in [0.15, 0.2) is 77.2 Å². The number of benzene rings is 3. The molecule has 348 valence electrons. The Labute approximate surface area is 396 Å². The summed E-state index contributed by atoms with van der Waals surface area (Å²) in [5.41, 5.74) is 7.96. The van der Waals surface area contributed by atoms with E-state index >= 15 is 4.39 Å². The van der Waals surface area contributed by atoms with Gasteiger partial charge in [-0.1, -0.05) is 75.4 Å². The Bertz CT molecular complexity index is 2920. The lowest BCUT2D eigenvalue weighted by atomic mass is 9.85. The van der Waals surface area contributed by atoms with Crippen LogP contribution in [0.2, 0.25) is 0 Å². The number of esters is 1. The van der Waals surface area contributed by atoms with E-state index in [2.05, 4.69) is 25.8 Å². The molecule has 67 heavy (non-hydrogen) atoms. The molecule has 8 rings (SSSR count). The van der Waals surface area contributed by atoms with Gasteiger partial charge < -0.3 is 25.4 Å². The Morgan fingerprint density at radius 1 is 0.940 bits per heavy atom. The molecule has 1 saturated heterocycles. The number of thiazole rings is 1. The first-order valence-corrected chi connectivity index (χ1v) is 23.7. The molecule has 0 spiro atoms. The van der Waals surface area contributed by atoms with Crippen LogP contribution in [0.4, 0.5) is 4.39 Å². The van der Waals surface area contributed by atoms with E-state index in [4.69, 9.17) is 9.73 Å². The van der Waals surface area contributed by atoms with Crippen LogP contribution in [-0.2, 0) is 19.1 Å². The molecule has 14 nitrogen and oxygen atoms in total. The number of aromatic nitrogens is 4. The molecule has 3 aromatic heterocycles. The van der Waals surface area contributed by atoms with Gasteiger partial charge in [-0.2, -0.15) is 0 Å². The van der Waals surface area contributed by atoms with Gasteiger partial charge in [0.15, 0.2) is 5.82 Å². The normalized spacial score (nSPS) is 17.7. The molecule has 17 heteroatoms. The Hall–Kier alpha value is -6.43. The van der Waals surface area contributed by atoms with E-state index in [1.54, 1.807) is 61.1 Å². The minimum Gasteiger partial charge on any atom is -0.469 e. The number of nitrogens with zero attached hydrogens (tertiary/aromatic N) is 6. The molecule has 0 radical (unpaired) electrons. The highest BCUT2D eigenvalue weighted by atomic mass is 32.1. The van der Waals surface area contributed by atoms with Gasteiger partial charge in [-0.15, -0.1) is 32.9 Å². The van der Waals surface area contributed by atoms with Crippen LogP contribution < -0.4 is 10.6 Å². The molecule has 5 atom stereocenters. The third-order valence-electron chi connectivity index (χ3n) is 12.6. The number of β-amino-alcohol motifs (C(OH)–C–C–N with tert-alkyl or cyclic N) is 1. The molecule has 3 aromatic carbocycles.